The van der Waals surface area contributed by atoms with Crippen molar-refractivity contribution in [1.29, 1.82) is 0 Å². The molecule has 4 nitrogen and oxygen atoms in total. The van der Waals surface area contributed by atoms with Crippen LogP contribution in [0.15, 0.2) is 99.4 Å². The molecule has 0 bridgehead atoms. The lowest BCUT2D eigenvalue weighted by Crippen LogP contribution is -2.36. The van der Waals surface area contributed by atoms with Gasteiger partial charge in [0.15, 0.2) is 11.7 Å². The second kappa shape index (κ2) is 6.86. The van der Waals surface area contributed by atoms with Crippen LogP contribution in [0.4, 0.5) is 5.69 Å². The number of nitrogens with one attached hydrogen (secondary N) is 1. The lowest BCUT2D eigenvalue weighted by molar-refractivity contribution is 0.125. The molecule has 0 saturated heterocycles. The van der Waals surface area contributed by atoms with E-state index >= 15 is 0 Å². The standard InChI is InChI=1S/C21H16BrN3O/c22-17-11-13-18(14-12-17)23-20-21(26,16-9-5-2-6-10-16)25-19(24-20)15-7-3-1-4-8-15/h1-14,26H,(H,23,24,25). The van der Waals surface area contributed by atoms with Gasteiger partial charge in [-0.15, -0.1) is 0 Å². The van der Waals surface area contributed by atoms with E-state index < -0.39 is 5.72 Å². The van der Waals surface area contributed by atoms with Gasteiger partial charge < -0.3 is 10.4 Å². The minimum atomic E-state index is -1.56. The fraction of sp³-hybridized carbons (Fsp3) is 0.0476. The average Bonchev–Trinajstić information content (AvgIpc) is 3.03. The van der Waals surface area contributed by atoms with Crippen molar-refractivity contribution in [2.45, 2.75) is 5.72 Å². The summed E-state index contributed by atoms with van der Waals surface area (Å²) < 4.78 is 0.982. The summed E-state index contributed by atoms with van der Waals surface area (Å²) in [6, 6.07) is 26.7. The normalized spacial score (nSPS) is 19.0. The van der Waals surface area contributed by atoms with Crippen molar-refractivity contribution in [1.82, 2.24) is 0 Å². The highest BCUT2D eigenvalue weighted by Crippen LogP contribution is 2.31. The van der Waals surface area contributed by atoms with Crippen LogP contribution in [0.5, 0.6) is 0 Å². The molecule has 0 fully saturated rings. The van der Waals surface area contributed by atoms with E-state index in [0.29, 0.717) is 17.2 Å². The van der Waals surface area contributed by atoms with E-state index in [1.807, 2.05) is 84.9 Å². The number of anilines is 1. The average molecular weight is 406 g/mol. The molecule has 1 aliphatic heterocycles. The van der Waals surface area contributed by atoms with Crippen LogP contribution < -0.4 is 5.32 Å². The van der Waals surface area contributed by atoms with Crippen molar-refractivity contribution in [3.63, 3.8) is 0 Å². The van der Waals surface area contributed by atoms with Crippen molar-refractivity contribution in [2.24, 2.45) is 9.98 Å². The van der Waals surface area contributed by atoms with E-state index in [0.717, 1.165) is 15.7 Å². The highest BCUT2D eigenvalue weighted by Gasteiger charge is 2.40. The highest BCUT2D eigenvalue weighted by molar-refractivity contribution is 9.10. The molecule has 0 amide bonds. The molecular weight excluding hydrogens is 390 g/mol. The molecule has 1 aliphatic rings. The lowest BCUT2D eigenvalue weighted by atomic mass is 10.0. The van der Waals surface area contributed by atoms with Crippen molar-refractivity contribution in [3.8, 4) is 0 Å². The van der Waals surface area contributed by atoms with E-state index in [2.05, 4.69) is 31.2 Å². The van der Waals surface area contributed by atoms with Gasteiger partial charge in [-0.25, -0.2) is 9.98 Å². The summed E-state index contributed by atoms with van der Waals surface area (Å²) in [5.74, 6) is 0.876. The summed E-state index contributed by atoms with van der Waals surface area (Å²) in [5, 5.41) is 14.6. The predicted molar refractivity (Wildman–Crippen MR) is 109 cm³/mol. The Bertz CT molecular complexity index is 969. The molecule has 1 unspecified atom stereocenters. The monoisotopic (exact) mass is 405 g/mol. The van der Waals surface area contributed by atoms with Gasteiger partial charge >= 0.3 is 0 Å². The zero-order valence-corrected chi connectivity index (χ0v) is 15.4. The smallest absolute Gasteiger partial charge is 0.244 e. The summed E-state index contributed by atoms with van der Waals surface area (Å²) in [7, 11) is 0. The first-order valence-corrected chi connectivity index (χ1v) is 8.99. The molecule has 3 aromatic rings. The number of aliphatic imine (C=N–C) groups is 2. The number of rotatable bonds is 3. The van der Waals surface area contributed by atoms with E-state index in [9.17, 15) is 5.11 Å². The van der Waals surface area contributed by atoms with Crippen LogP contribution in [0.25, 0.3) is 0 Å². The number of hydrogen-bond acceptors (Lipinski definition) is 4. The van der Waals surface area contributed by atoms with Gasteiger partial charge in [-0.05, 0) is 24.3 Å². The highest BCUT2D eigenvalue weighted by atomic mass is 79.9. The van der Waals surface area contributed by atoms with Gasteiger partial charge in [0.25, 0.3) is 0 Å². The van der Waals surface area contributed by atoms with E-state index in [-0.39, 0.29) is 0 Å². The van der Waals surface area contributed by atoms with Gasteiger partial charge in [0.1, 0.15) is 0 Å². The number of halogens is 1. The molecule has 5 heteroatoms. The number of aliphatic hydroxyl groups is 1. The van der Waals surface area contributed by atoms with Gasteiger partial charge in [-0.3, -0.25) is 0 Å². The fourth-order valence-corrected chi connectivity index (χ4v) is 3.05. The number of benzene rings is 3. The van der Waals surface area contributed by atoms with Crippen LogP contribution in [-0.4, -0.2) is 16.8 Å². The van der Waals surface area contributed by atoms with Crippen molar-refractivity contribution >= 4 is 33.3 Å². The van der Waals surface area contributed by atoms with Crippen LogP contribution >= 0.6 is 15.9 Å². The van der Waals surface area contributed by atoms with E-state index in [4.69, 9.17) is 0 Å². The minimum absolute atomic E-state index is 0.380. The number of nitrogens with zero attached hydrogens (tertiary/aromatic N) is 2. The molecule has 3 aromatic carbocycles. The molecule has 0 spiro atoms. The Labute approximate surface area is 160 Å². The SMILES string of the molecule is OC1(c2ccccc2)N=C(c2ccccc2)N=C1Nc1ccc(Br)cc1. The maximum absolute atomic E-state index is 11.4. The lowest BCUT2D eigenvalue weighted by Gasteiger charge is -2.23. The third-order valence-electron chi connectivity index (χ3n) is 4.13. The molecule has 0 aliphatic carbocycles. The van der Waals surface area contributed by atoms with Crippen molar-refractivity contribution < 1.29 is 5.11 Å². The molecule has 0 radical (unpaired) electrons. The minimum Gasteiger partial charge on any atom is -0.359 e. The first-order valence-electron chi connectivity index (χ1n) is 8.20. The molecule has 0 aromatic heterocycles. The van der Waals surface area contributed by atoms with Crippen LogP contribution in [0.2, 0.25) is 0 Å². The second-order valence-corrected chi connectivity index (χ2v) is 6.85. The third-order valence-corrected chi connectivity index (χ3v) is 4.66. The Hall–Kier alpha value is -2.76. The summed E-state index contributed by atoms with van der Waals surface area (Å²) in [5.41, 5.74) is 0.786. The summed E-state index contributed by atoms with van der Waals surface area (Å²) >= 11 is 3.43. The van der Waals surface area contributed by atoms with Crippen molar-refractivity contribution in [3.05, 3.63) is 101 Å². The van der Waals surface area contributed by atoms with Gasteiger partial charge in [0, 0.05) is 21.3 Å². The molecule has 1 heterocycles. The maximum atomic E-state index is 11.4. The molecular formula is C21H16BrN3O. The Kier molecular flexibility index (Phi) is 4.41. The molecule has 26 heavy (non-hydrogen) atoms. The first kappa shape index (κ1) is 16.7. The first-order chi connectivity index (χ1) is 12.6. The third kappa shape index (κ3) is 3.19. The second-order valence-electron chi connectivity index (χ2n) is 5.93. The Morgan fingerprint density at radius 1 is 0.808 bits per heavy atom. The summed E-state index contributed by atoms with van der Waals surface area (Å²) in [6.07, 6.45) is 0. The molecule has 2 N–H and O–H groups in total. The number of amidine groups is 2. The van der Waals surface area contributed by atoms with Gasteiger partial charge in [-0.2, -0.15) is 0 Å². The zero-order valence-electron chi connectivity index (χ0n) is 13.8. The van der Waals surface area contributed by atoms with Crippen LogP contribution in [0, 0.1) is 0 Å². The van der Waals surface area contributed by atoms with Crippen LogP contribution in [0.1, 0.15) is 11.1 Å². The Morgan fingerprint density at radius 2 is 1.42 bits per heavy atom. The fourth-order valence-electron chi connectivity index (χ4n) is 2.79. The Balaban J connectivity index is 1.77. The maximum Gasteiger partial charge on any atom is 0.244 e. The topological polar surface area (TPSA) is 57.0 Å². The molecule has 128 valence electrons. The Morgan fingerprint density at radius 3 is 2.08 bits per heavy atom. The van der Waals surface area contributed by atoms with Crippen molar-refractivity contribution in [2.75, 3.05) is 5.32 Å². The quantitative estimate of drug-likeness (QED) is 0.670. The van der Waals surface area contributed by atoms with Crippen LogP contribution in [-0.2, 0) is 5.72 Å². The largest absolute Gasteiger partial charge is 0.359 e. The molecule has 0 saturated carbocycles. The van der Waals surface area contributed by atoms with Gasteiger partial charge in [0.05, 0.1) is 0 Å². The summed E-state index contributed by atoms with van der Waals surface area (Å²) in [6.45, 7) is 0. The molecule has 4 rings (SSSR count). The summed E-state index contributed by atoms with van der Waals surface area (Å²) in [4.78, 5) is 9.15. The zero-order chi connectivity index (χ0) is 18.0. The van der Waals surface area contributed by atoms with E-state index in [1.54, 1.807) is 0 Å². The molecule has 1 atom stereocenters. The van der Waals surface area contributed by atoms with E-state index in [1.165, 1.54) is 0 Å². The van der Waals surface area contributed by atoms with Gasteiger partial charge in [0.2, 0.25) is 5.72 Å². The predicted octanol–water partition coefficient (Wildman–Crippen LogP) is 4.57. The number of hydrogen-bond donors (Lipinski definition) is 2. The van der Waals surface area contributed by atoms with Crippen LogP contribution in [0.3, 0.4) is 0 Å². The van der Waals surface area contributed by atoms with Gasteiger partial charge in [-0.1, -0.05) is 76.6 Å².